The van der Waals surface area contributed by atoms with Crippen LogP contribution >= 0.6 is 39.3 Å². The second kappa shape index (κ2) is 5.59. The molecule has 0 heterocycles. The van der Waals surface area contributed by atoms with Crippen LogP contribution < -0.4 is 0 Å². The average molecular weight is 325 g/mol. The summed E-state index contributed by atoms with van der Waals surface area (Å²) in [6.07, 6.45) is 0. The lowest BCUT2D eigenvalue weighted by atomic mass is 10.2. The normalized spacial score (nSPS) is 9.94. The number of hydrogen-bond acceptors (Lipinski definition) is 2. The third kappa shape index (κ3) is 3.26. The first kappa shape index (κ1) is 12.5. The van der Waals surface area contributed by atoms with Gasteiger partial charge in [0.1, 0.15) is 0 Å². The van der Waals surface area contributed by atoms with Gasteiger partial charge in [-0.25, -0.2) is 0 Å². The molecule has 0 saturated heterocycles. The van der Waals surface area contributed by atoms with E-state index >= 15 is 0 Å². The predicted octanol–water partition coefficient (Wildman–Crippen LogP) is 5.13. The van der Waals surface area contributed by atoms with Crippen LogP contribution in [0, 0.1) is 11.3 Å². The Morgan fingerprint density at radius 1 is 1.18 bits per heavy atom. The van der Waals surface area contributed by atoms with E-state index in [1.54, 1.807) is 17.8 Å². The molecule has 0 aromatic heterocycles. The molecule has 17 heavy (non-hydrogen) atoms. The minimum atomic E-state index is 0.633. The summed E-state index contributed by atoms with van der Waals surface area (Å²) in [7, 11) is 0. The van der Waals surface area contributed by atoms with Gasteiger partial charge in [0, 0.05) is 14.3 Å². The molecule has 0 aliphatic rings. The Hall–Kier alpha value is -0.950. The van der Waals surface area contributed by atoms with Crippen LogP contribution in [-0.2, 0) is 0 Å². The molecule has 2 aromatic carbocycles. The van der Waals surface area contributed by atoms with Gasteiger partial charge in [0.2, 0.25) is 0 Å². The van der Waals surface area contributed by atoms with Gasteiger partial charge < -0.3 is 0 Å². The Balaban J connectivity index is 2.34. The molecular formula is C13H7BrClNS. The molecule has 2 aromatic rings. The Morgan fingerprint density at radius 2 is 1.94 bits per heavy atom. The third-order valence-corrected chi connectivity index (χ3v) is 4.01. The van der Waals surface area contributed by atoms with E-state index in [2.05, 4.69) is 22.0 Å². The van der Waals surface area contributed by atoms with Crippen molar-refractivity contribution < 1.29 is 0 Å². The van der Waals surface area contributed by atoms with Crippen LogP contribution in [0.1, 0.15) is 5.56 Å². The number of rotatable bonds is 2. The summed E-state index contributed by atoms with van der Waals surface area (Å²) in [6, 6.07) is 15.4. The van der Waals surface area contributed by atoms with Gasteiger partial charge in [-0.05, 0) is 30.3 Å². The monoisotopic (exact) mass is 323 g/mol. The molecule has 84 valence electrons. The van der Waals surface area contributed by atoms with Crippen LogP contribution in [-0.4, -0.2) is 0 Å². The van der Waals surface area contributed by atoms with Crippen molar-refractivity contribution >= 4 is 39.3 Å². The van der Waals surface area contributed by atoms with Crippen molar-refractivity contribution in [2.75, 3.05) is 0 Å². The highest BCUT2D eigenvalue weighted by Crippen LogP contribution is 2.34. The Labute approximate surface area is 118 Å². The number of halogens is 2. The largest absolute Gasteiger partial charge is 0.192 e. The molecule has 0 amide bonds. The minimum absolute atomic E-state index is 0.633. The summed E-state index contributed by atoms with van der Waals surface area (Å²) in [4.78, 5) is 1.97. The van der Waals surface area contributed by atoms with Gasteiger partial charge >= 0.3 is 0 Å². The SMILES string of the molecule is N#Cc1cc(Br)cc(Sc2ccccc2Cl)c1. The molecule has 0 N–H and O–H groups in total. The average Bonchev–Trinajstić information content (AvgIpc) is 2.31. The van der Waals surface area contributed by atoms with E-state index < -0.39 is 0 Å². The van der Waals surface area contributed by atoms with E-state index in [9.17, 15) is 0 Å². The van der Waals surface area contributed by atoms with Crippen molar-refractivity contribution in [1.29, 1.82) is 5.26 Å². The zero-order valence-corrected chi connectivity index (χ0v) is 11.8. The maximum absolute atomic E-state index is 8.90. The standard InChI is InChI=1S/C13H7BrClNS/c14-10-5-9(8-16)6-11(7-10)17-13-4-2-1-3-12(13)15/h1-7H. The van der Waals surface area contributed by atoms with Crippen molar-refractivity contribution in [3.63, 3.8) is 0 Å². The van der Waals surface area contributed by atoms with Crippen molar-refractivity contribution in [3.05, 3.63) is 57.5 Å². The molecule has 0 fully saturated rings. The highest BCUT2D eigenvalue weighted by Gasteiger charge is 2.04. The maximum atomic E-state index is 8.90. The minimum Gasteiger partial charge on any atom is -0.192 e. The van der Waals surface area contributed by atoms with Crippen LogP contribution in [0.4, 0.5) is 0 Å². The van der Waals surface area contributed by atoms with Crippen LogP contribution in [0.15, 0.2) is 56.7 Å². The highest BCUT2D eigenvalue weighted by molar-refractivity contribution is 9.10. The van der Waals surface area contributed by atoms with Gasteiger partial charge in [0.05, 0.1) is 16.7 Å². The Morgan fingerprint density at radius 3 is 2.65 bits per heavy atom. The molecule has 0 aliphatic heterocycles. The van der Waals surface area contributed by atoms with Crippen LogP contribution in [0.2, 0.25) is 5.02 Å². The van der Waals surface area contributed by atoms with Crippen LogP contribution in [0.3, 0.4) is 0 Å². The van der Waals surface area contributed by atoms with Crippen molar-refractivity contribution in [1.82, 2.24) is 0 Å². The molecule has 0 saturated carbocycles. The number of hydrogen-bond donors (Lipinski definition) is 0. The van der Waals surface area contributed by atoms with Crippen molar-refractivity contribution in [2.45, 2.75) is 9.79 Å². The van der Waals surface area contributed by atoms with Gasteiger partial charge in [0.15, 0.2) is 0 Å². The molecule has 4 heteroatoms. The van der Waals surface area contributed by atoms with E-state index in [-0.39, 0.29) is 0 Å². The first-order valence-electron chi connectivity index (χ1n) is 4.82. The quantitative estimate of drug-likeness (QED) is 0.765. The van der Waals surface area contributed by atoms with E-state index in [0.717, 1.165) is 19.3 Å². The van der Waals surface area contributed by atoms with E-state index in [0.29, 0.717) is 5.56 Å². The van der Waals surface area contributed by atoms with E-state index in [1.807, 2.05) is 36.4 Å². The molecule has 2 rings (SSSR count). The lowest BCUT2D eigenvalue weighted by molar-refractivity contribution is 1.36. The molecule has 0 spiro atoms. The van der Waals surface area contributed by atoms with Crippen molar-refractivity contribution in [3.8, 4) is 6.07 Å². The van der Waals surface area contributed by atoms with Gasteiger partial charge in [-0.1, -0.05) is 51.4 Å². The van der Waals surface area contributed by atoms with Crippen LogP contribution in [0.5, 0.6) is 0 Å². The topological polar surface area (TPSA) is 23.8 Å². The summed E-state index contributed by atoms with van der Waals surface area (Å²) in [5.41, 5.74) is 0.633. The Bertz CT molecular complexity index is 592. The zero-order valence-electron chi connectivity index (χ0n) is 8.65. The highest BCUT2D eigenvalue weighted by atomic mass is 79.9. The molecule has 1 nitrogen and oxygen atoms in total. The molecular weight excluding hydrogens is 318 g/mol. The molecule has 0 unspecified atom stereocenters. The van der Waals surface area contributed by atoms with Crippen LogP contribution in [0.25, 0.3) is 0 Å². The summed E-state index contributed by atoms with van der Waals surface area (Å²) in [6.45, 7) is 0. The van der Waals surface area contributed by atoms with Gasteiger partial charge in [-0.15, -0.1) is 0 Å². The van der Waals surface area contributed by atoms with E-state index in [4.69, 9.17) is 16.9 Å². The molecule has 0 aliphatic carbocycles. The summed E-state index contributed by atoms with van der Waals surface area (Å²) in [5.74, 6) is 0. The fourth-order valence-electron chi connectivity index (χ4n) is 1.34. The van der Waals surface area contributed by atoms with Crippen molar-refractivity contribution in [2.24, 2.45) is 0 Å². The molecule has 0 bridgehead atoms. The zero-order chi connectivity index (χ0) is 12.3. The van der Waals surface area contributed by atoms with Gasteiger partial charge in [0.25, 0.3) is 0 Å². The Kier molecular flexibility index (Phi) is 4.11. The summed E-state index contributed by atoms with van der Waals surface area (Å²) < 4.78 is 0.895. The smallest absolute Gasteiger partial charge is 0.0992 e. The molecule has 0 radical (unpaired) electrons. The fourth-order valence-corrected chi connectivity index (χ4v) is 3.17. The second-order valence-corrected chi connectivity index (χ2v) is 5.76. The number of nitrogens with zero attached hydrogens (tertiary/aromatic N) is 1. The lowest BCUT2D eigenvalue weighted by Crippen LogP contribution is -1.79. The maximum Gasteiger partial charge on any atom is 0.0992 e. The fraction of sp³-hybridized carbons (Fsp3) is 0. The third-order valence-electron chi connectivity index (χ3n) is 2.06. The van der Waals surface area contributed by atoms with Gasteiger partial charge in [-0.2, -0.15) is 5.26 Å². The second-order valence-electron chi connectivity index (χ2n) is 3.32. The summed E-state index contributed by atoms with van der Waals surface area (Å²) >= 11 is 11.0. The predicted molar refractivity (Wildman–Crippen MR) is 74.4 cm³/mol. The first-order chi connectivity index (χ1) is 8.19. The molecule has 0 atom stereocenters. The summed E-state index contributed by atoms with van der Waals surface area (Å²) in [5, 5.41) is 9.62. The van der Waals surface area contributed by atoms with E-state index in [1.165, 1.54) is 0 Å². The first-order valence-corrected chi connectivity index (χ1v) is 6.81. The number of nitriles is 1. The number of benzene rings is 2. The van der Waals surface area contributed by atoms with Gasteiger partial charge in [-0.3, -0.25) is 0 Å². The lowest BCUT2D eigenvalue weighted by Gasteiger charge is -2.04.